The number of H-pyrrole nitrogens is 1. The zero-order chi connectivity index (χ0) is 13.2. The number of anilines is 1. The number of para-hydroxylation sites is 1. The second-order valence-corrected chi connectivity index (χ2v) is 5.36. The third-order valence-electron chi connectivity index (χ3n) is 3.81. The van der Waals surface area contributed by atoms with E-state index in [4.69, 9.17) is 5.73 Å². The van der Waals surface area contributed by atoms with E-state index in [1.165, 1.54) is 0 Å². The number of nitrogens with two attached hydrogens (primary N) is 1. The number of rotatable bonds is 2. The lowest BCUT2D eigenvalue weighted by Crippen LogP contribution is -2.35. The lowest BCUT2D eigenvalue weighted by molar-refractivity contribution is 0.409. The van der Waals surface area contributed by atoms with Gasteiger partial charge in [0.05, 0.1) is 5.52 Å². The van der Waals surface area contributed by atoms with Crippen LogP contribution in [0.15, 0.2) is 35.1 Å². The SMILES string of the molecule is Cl.Cl.N[C@H]1CCC[C@@H](Nc2cc(=O)c3ccccc3[nH]2)C1. The number of hydrogen-bond acceptors (Lipinski definition) is 3. The van der Waals surface area contributed by atoms with E-state index < -0.39 is 0 Å². The van der Waals surface area contributed by atoms with E-state index >= 15 is 0 Å². The molecule has 4 nitrogen and oxygen atoms in total. The van der Waals surface area contributed by atoms with Crippen molar-refractivity contribution < 1.29 is 0 Å². The maximum absolute atomic E-state index is 12.0. The molecule has 1 aliphatic carbocycles. The topological polar surface area (TPSA) is 70.9 Å². The Morgan fingerprint density at radius 3 is 2.71 bits per heavy atom. The second-order valence-electron chi connectivity index (χ2n) is 5.36. The van der Waals surface area contributed by atoms with Gasteiger partial charge in [-0.25, -0.2) is 0 Å². The Morgan fingerprint density at radius 2 is 1.95 bits per heavy atom. The number of benzene rings is 1. The van der Waals surface area contributed by atoms with Crippen LogP contribution in [-0.2, 0) is 0 Å². The first-order valence-corrected chi connectivity index (χ1v) is 6.86. The summed E-state index contributed by atoms with van der Waals surface area (Å²) < 4.78 is 0. The van der Waals surface area contributed by atoms with Crippen LogP contribution in [0.2, 0.25) is 0 Å². The summed E-state index contributed by atoms with van der Waals surface area (Å²) >= 11 is 0. The Bertz CT molecular complexity index is 644. The molecule has 6 heteroatoms. The number of nitrogens with one attached hydrogen (secondary N) is 2. The van der Waals surface area contributed by atoms with Crippen molar-refractivity contribution in [2.45, 2.75) is 37.8 Å². The molecule has 1 heterocycles. The largest absolute Gasteiger partial charge is 0.369 e. The molecule has 116 valence electrons. The zero-order valence-electron chi connectivity index (χ0n) is 11.7. The highest BCUT2D eigenvalue weighted by Gasteiger charge is 2.19. The minimum atomic E-state index is 0. The second kappa shape index (κ2) is 7.69. The van der Waals surface area contributed by atoms with Gasteiger partial charge in [-0.2, -0.15) is 0 Å². The summed E-state index contributed by atoms with van der Waals surface area (Å²) in [6.07, 6.45) is 4.33. The molecule has 0 amide bonds. The van der Waals surface area contributed by atoms with Gasteiger partial charge < -0.3 is 16.0 Å². The zero-order valence-corrected chi connectivity index (χ0v) is 13.3. The number of fused-ring (bicyclic) bond motifs is 1. The van der Waals surface area contributed by atoms with Gasteiger partial charge in [0.15, 0.2) is 5.43 Å². The standard InChI is InChI=1S/C15H19N3O.2ClH/c16-10-4-3-5-11(8-10)17-15-9-14(19)12-6-1-2-7-13(12)18-15;;/h1-2,6-7,9-11H,3-5,8,16H2,(H2,17,18,19);2*1H/t10-,11+;;/m0../s1. The summed E-state index contributed by atoms with van der Waals surface area (Å²) in [6, 6.07) is 9.86. The smallest absolute Gasteiger partial charge is 0.191 e. The van der Waals surface area contributed by atoms with E-state index in [0.717, 1.165) is 42.4 Å². The third-order valence-corrected chi connectivity index (χ3v) is 3.81. The first kappa shape index (κ1) is 17.8. The van der Waals surface area contributed by atoms with Gasteiger partial charge in [-0.05, 0) is 37.8 Å². The van der Waals surface area contributed by atoms with Crippen molar-refractivity contribution in [3.63, 3.8) is 0 Å². The maximum atomic E-state index is 12.0. The molecule has 21 heavy (non-hydrogen) atoms. The Kier molecular flexibility index (Phi) is 6.52. The molecule has 2 atom stereocenters. The molecule has 2 aromatic rings. The number of hydrogen-bond donors (Lipinski definition) is 3. The van der Waals surface area contributed by atoms with E-state index in [2.05, 4.69) is 10.3 Å². The summed E-state index contributed by atoms with van der Waals surface area (Å²) in [5, 5.41) is 4.14. The predicted molar refractivity (Wildman–Crippen MR) is 92.9 cm³/mol. The number of aromatic amines is 1. The summed E-state index contributed by atoms with van der Waals surface area (Å²) in [7, 11) is 0. The molecular weight excluding hydrogens is 309 g/mol. The highest BCUT2D eigenvalue weighted by molar-refractivity contribution is 5.85. The average molecular weight is 330 g/mol. The molecule has 0 spiro atoms. The Labute approximate surface area is 136 Å². The molecule has 0 aliphatic heterocycles. The van der Waals surface area contributed by atoms with Gasteiger partial charge in [0, 0.05) is 23.5 Å². The highest BCUT2D eigenvalue weighted by atomic mass is 35.5. The van der Waals surface area contributed by atoms with Crippen LogP contribution in [-0.4, -0.2) is 17.1 Å². The molecule has 0 saturated heterocycles. The fourth-order valence-corrected chi connectivity index (χ4v) is 2.85. The van der Waals surface area contributed by atoms with E-state index in [1.54, 1.807) is 6.07 Å². The molecular formula is C15H21Cl2N3O. The lowest BCUT2D eigenvalue weighted by Gasteiger charge is -2.28. The monoisotopic (exact) mass is 329 g/mol. The van der Waals surface area contributed by atoms with Crippen LogP contribution < -0.4 is 16.5 Å². The molecule has 1 fully saturated rings. The molecule has 1 saturated carbocycles. The van der Waals surface area contributed by atoms with Gasteiger partial charge in [0.1, 0.15) is 5.82 Å². The van der Waals surface area contributed by atoms with E-state index in [-0.39, 0.29) is 36.3 Å². The van der Waals surface area contributed by atoms with Crippen LogP contribution in [0, 0.1) is 0 Å². The molecule has 1 aromatic carbocycles. The van der Waals surface area contributed by atoms with E-state index in [1.807, 2.05) is 24.3 Å². The van der Waals surface area contributed by atoms with Gasteiger partial charge in [0.25, 0.3) is 0 Å². The normalized spacial score (nSPS) is 21.2. The van der Waals surface area contributed by atoms with Gasteiger partial charge in [-0.1, -0.05) is 12.1 Å². The van der Waals surface area contributed by atoms with Crippen LogP contribution in [0.5, 0.6) is 0 Å². The first-order chi connectivity index (χ1) is 9.22. The Morgan fingerprint density at radius 1 is 1.19 bits per heavy atom. The van der Waals surface area contributed by atoms with Gasteiger partial charge in [0.2, 0.25) is 0 Å². The van der Waals surface area contributed by atoms with Crippen LogP contribution in [0.3, 0.4) is 0 Å². The Balaban J connectivity index is 0.00000110. The van der Waals surface area contributed by atoms with Crippen molar-refractivity contribution >= 4 is 41.5 Å². The average Bonchev–Trinajstić information content (AvgIpc) is 2.39. The highest BCUT2D eigenvalue weighted by Crippen LogP contribution is 2.20. The molecule has 4 N–H and O–H groups in total. The predicted octanol–water partition coefficient (Wildman–Crippen LogP) is 3.05. The van der Waals surface area contributed by atoms with Crippen molar-refractivity contribution in [2.75, 3.05) is 5.32 Å². The van der Waals surface area contributed by atoms with Crippen LogP contribution >= 0.6 is 24.8 Å². The van der Waals surface area contributed by atoms with Gasteiger partial charge in [-0.3, -0.25) is 4.79 Å². The van der Waals surface area contributed by atoms with Crippen LogP contribution in [0.25, 0.3) is 10.9 Å². The van der Waals surface area contributed by atoms with E-state index in [9.17, 15) is 4.79 Å². The maximum Gasteiger partial charge on any atom is 0.191 e. The summed E-state index contributed by atoms with van der Waals surface area (Å²) in [5.41, 5.74) is 6.91. The lowest BCUT2D eigenvalue weighted by atomic mass is 9.91. The fourth-order valence-electron chi connectivity index (χ4n) is 2.85. The van der Waals surface area contributed by atoms with Gasteiger partial charge >= 0.3 is 0 Å². The minimum Gasteiger partial charge on any atom is -0.369 e. The fraction of sp³-hybridized carbons (Fsp3) is 0.400. The molecule has 0 radical (unpaired) electrons. The van der Waals surface area contributed by atoms with Crippen molar-refractivity contribution in [1.29, 1.82) is 0 Å². The van der Waals surface area contributed by atoms with Crippen molar-refractivity contribution in [3.8, 4) is 0 Å². The van der Waals surface area contributed by atoms with Crippen molar-refractivity contribution in [3.05, 3.63) is 40.6 Å². The third kappa shape index (κ3) is 4.13. The van der Waals surface area contributed by atoms with Gasteiger partial charge in [-0.15, -0.1) is 24.8 Å². The molecule has 0 unspecified atom stereocenters. The molecule has 0 bridgehead atoms. The minimum absolute atomic E-state index is 0. The molecule has 1 aliphatic rings. The Hall–Kier alpha value is -1.23. The number of aromatic nitrogens is 1. The number of pyridine rings is 1. The van der Waals surface area contributed by atoms with Crippen molar-refractivity contribution in [1.82, 2.24) is 4.98 Å². The number of halogens is 2. The van der Waals surface area contributed by atoms with Crippen molar-refractivity contribution in [2.24, 2.45) is 5.73 Å². The first-order valence-electron chi connectivity index (χ1n) is 6.86. The van der Waals surface area contributed by atoms with Crippen LogP contribution in [0.1, 0.15) is 25.7 Å². The summed E-state index contributed by atoms with van der Waals surface area (Å²) in [6.45, 7) is 0. The molecule has 1 aromatic heterocycles. The quantitative estimate of drug-likeness (QED) is 0.792. The van der Waals surface area contributed by atoms with Crippen LogP contribution in [0.4, 0.5) is 5.82 Å². The summed E-state index contributed by atoms with van der Waals surface area (Å²) in [4.78, 5) is 15.3. The molecule has 3 rings (SSSR count). The van der Waals surface area contributed by atoms with E-state index in [0.29, 0.717) is 6.04 Å². The summed E-state index contributed by atoms with van der Waals surface area (Å²) in [5.74, 6) is 0.794.